The second kappa shape index (κ2) is 3.79. The third-order valence-electron chi connectivity index (χ3n) is 1.38. The molecule has 0 spiro atoms. The van der Waals surface area contributed by atoms with Crippen LogP contribution >= 0.6 is 25.5 Å². The first-order valence-corrected chi connectivity index (χ1v) is 13.9. The van der Waals surface area contributed by atoms with Crippen molar-refractivity contribution in [1.82, 2.24) is 0 Å². The van der Waals surface area contributed by atoms with Gasteiger partial charge >= 0.3 is 82.2 Å². The van der Waals surface area contributed by atoms with E-state index in [1.165, 1.54) is 5.56 Å². The molecule has 60 valence electrons. The van der Waals surface area contributed by atoms with Gasteiger partial charge in [-0.15, -0.1) is 0 Å². The van der Waals surface area contributed by atoms with Crippen LogP contribution in [-0.4, -0.2) is 0 Å². The average molecular weight is 289 g/mol. The van der Waals surface area contributed by atoms with Crippen molar-refractivity contribution in [2.75, 3.05) is 0 Å². The van der Waals surface area contributed by atoms with E-state index in [0.29, 0.717) is 0 Å². The summed E-state index contributed by atoms with van der Waals surface area (Å²) in [6.45, 7) is 2.01. The molecule has 4 heteroatoms. The van der Waals surface area contributed by atoms with Crippen molar-refractivity contribution >= 4 is 28.8 Å². The number of aryl methyl sites for hydroxylation is 1. The Hall–Kier alpha value is 0.973. The molecule has 0 aliphatic heterocycles. The standard InChI is InChI=1S/C7H7.3ClH.Zr/c1-7-5-3-2-4-6-7;;;;/h3-6H,1H3;3*1H;/q;;;;+3/p-3. The molecule has 0 radical (unpaired) electrons. The van der Waals surface area contributed by atoms with E-state index in [1.54, 1.807) is 0 Å². The molecule has 0 aromatic heterocycles. The average Bonchev–Trinajstić information content (AvgIpc) is 1.86. The van der Waals surface area contributed by atoms with Gasteiger partial charge in [-0.2, -0.15) is 0 Å². The van der Waals surface area contributed by atoms with E-state index in [2.05, 4.69) is 0 Å². The van der Waals surface area contributed by atoms with Gasteiger partial charge in [-0.3, -0.25) is 0 Å². The minimum absolute atomic E-state index is 0.912. The summed E-state index contributed by atoms with van der Waals surface area (Å²) in [4.78, 5) is 0. The fraction of sp³-hybridized carbons (Fsp3) is 0.143. The second-order valence-corrected chi connectivity index (χ2v) is 19.7. The Bertz CT molecular complexity index is 237. The molecular weight excluding hydrogens is 282 g/mol. The van der Waals surface area contributed by atoms with Crippen LogP contribution in [0.15, 0.2) is 24.3 Å². The summed E-state index contributed by atoms with van der Waals surface area (Å²) in [7, 11) is 17.6. The minimum atomic E-state index is -3.33. The summed E-state index contributed by atoms with van der Waals surface area (Å²) in [5, 5.41) is 0. The van der Waals surface area contributed by atoms with Crippen LogP contribution in [-0.2, 0) is 16.7 Å². The summed E-state index contributed by atoms with van der Waals surface area (Å²) in [6.07, 6.45) is 0. The van der Waals surface area contributed by atoms with Gasteiger partial charge < -0.3 is 0 Å². The van der Waals surface area contributed by atoms with E-state index in [1.807, 2.05) is 31.2 Å². The molecule has 0 saturated carbocycles. The molecule has 0 nitrogen and oxygen atoms in total. The molecule has 1 rings (SSSR count). The summed E-state index contributed by atoms with van der Waals surface area (Å²) in [5.74, 6) is 0. The van der Waals surface area contributed by atoms with E-state index in [4.69, 9.17) is 25.5 Å². The van der Waals surface area contributed by atoms with Gasteiger partial charge in [0.05, 0.1) is 0 Å². The zero-order chi connectivity index (χ0) is 8.48. The van der Waals surface area contributed by atoms with Crippen LogP contribution in [0.1, 0.15) is 5.56 Å². The number of hydrogen-bond acceptors (Lipinski definition) is 0. The fourth-order valence-corrected chi connectivity index (χ4v) is 4.32. The van der Waals surface area contributed by atoms with Crippen LogP contribution in [0.3, 0.4) is 0 Å². The van der Waals surface area contributed by atoms with Crippen LogP contribution in [0, 0.1) is 6.92 Å². The molecule has 0 aliphatic carbocycles. The molecule has 11 heavy (non-hydrogen) atoms. The predicted octanol–water partition coefficient (Wildman–Crippen LogP) is 3.24. The Morgan fingerprint density at radius 1 is 1.00 bits per heavy atom. The second-order valence-electron chi connectivity index (χ2n) is 2.36. The Morgan fingerprint density at radius 2 is 1.45 bits per heavy atom. The predicted molar refractivity (Wildman–Crippen MR) is 48.4 cm³/mol. The number of halogens is 3. The van der Waals surface area contributed by atoms with Gasteiger partial charge in [0.1, 0.15) is 0 Å². The normalized spacial score (nSPS) is 11.6. The molecule has 1 aromatic carbocycles. The molecular formula is C7H7Cl3Zr. The van der Waals surface area contributed by atoms with E-state index in [9.17, 15) is 0 Å². The first-order chi connectivity index (χ1) is 5.00. The van der Waals surface area contributed by atoms with E-state index >= 15 is 0 Å². The van der Waals surface area contributed by atoms with E-state index < -0.39 is 16.7 Å². The quantitative estimate of drug-likeness (QED) is 0.744. The molecule has 0 aliphatic rings. The van der Waals surface area contributed by atoms with Gasteiger partial charge in [0, 0.05) is 0 Å². The fourth-order valence-electron chi connectivity index (χ4n) is 0.743. The van der Waals surface area contributed by atoms with E-state index in [0.717, 1.165) is 3.27 Å². The first-order valence-electron chi connectivity index (χ1n) is 3.14. The summed E-state index contributed by atoms with van der Waals surface area (Å²) in [6, 6.07) is 7.74. The summed E-state index contributed by atoms with van der Waals surface area (Å²) in [5.41, 5.74) is 1.19. The number of rotatable bonds is 1. The van der Waals surface area contributed by atoms with Crippen molar-refractivity contribution in [3.8, 4) is 0 Å². The van der Waals surface area contributed by atoms with Gasteiger partial charge in [0.15, 0.2) is 0 Å². The Labute approximate surface area is 81.5 Å². The molecule has 1 aromatic rings. The zero-order valence-electron chi connectivity index (χ0n) is 5.94. The van der Waals surface area contributed by atoms with Crippen LogP contribution in [0.25, 0.3) is 0 Å². The first kappa shape index (κ1) is 10.1. The SMILES string of the molecule is Cc1cc[c]([Zr]([Cl])([Cl])[Cl])cc1. The Balaban J connectivity index is 2.99. The van der Waals surface area contributed by atoms with Gasteiger partial charge in [-0.05, 0) is 0 Å². The third-order valence-corrected chi connectivity index (χ3v) is 7.68. The molecule has 0 fully saturated rings. The summed E-state index contributed by atoms with van der Waals surface area (Å²) < 4.78 is 0.912. The van der Waals surface area contributed by atoms with Crippen molar-refractivity contribution in [3.05, 3.63) is 29.8 Å². The molecule has 0 amide bonds. The van der Waals surface area contributed by atoms with Crippen molar-refractivity contribution in [2.45, 2.75) is 6.92 Å². The molecule has 0 atom stereocenters. The number of benzene rings is 1. The maximum absolute atomic E-state index is 5.85. The van der Waals surface area contributed by atoms with Crippen LogP contribution in [0.2, 0.25) is 0 Å². The maximum atomic E-state index is 5.85. The Morgan fingerprint density at radius 3 is 1.82 bits per heavy atom. The topological polar surface area (TPSA) is 0 Å². The molecule has 0 bridgehead atoms. The van der Waals surface area contributed by atoms with Crippen molar-refractivity contribution in [1.29, 1.82) is 0 Å². The van der Waals surface area contributed by atoms with Gasteiger partial charge in [-0.25, -0.2) is 0 Å². The molecule has 0 unspecified atom stereocenters. The van der Waals surface area contributed by atoms with Gasteiger partial charge in [0.2, 0.25) is 0 Å². The van der Waals surface area contributed by atoms with Crippen LogP contribution in [0.4, 0.5) is 0 Å². The summed E-state index contributed by atoms with van der Waals surface area (Å²) >= 11 is -3.33. The molecule has 0 N–H and O–H groups in total. The monoisotopic (exact) mass is 286 g/mol. The zero-order valence-corrected chi connectivity index (χ0v) is 10.7. The van der Waals surface area contributed by atoms with Crippen molar-refractivity contribution in [3.63, 3.8) is 0 Å². The molecule has 0 saturated heterocycles. The number of hydrogen-bond donors (Lipinski definition) is 0. The van der Waals surface area contributed by atoms with Crippen LogP contribution in [0.5, 0.6) is 0 Å². The van der Waals surface area contributed by atoms with Crippen molar-refractivity contribution < 1.29 is 16.7 Å². The van der Waals surface area contributed by atoms with Gasteiger partial charge in [-0.1, -0.05) is 0 Å². The van der Waals surface area contributed by atoms with Crippen molar-refractivity contribution in [2.24, 2.45) is 0 Å². The Kier molecular flexibility index (Phi) is 3.46. The van der Waals surface area contributed by atoms with Crippen LogP contribution < -0.4 is 3.27 Å². The molecule has 0 heterocycles. The van der Waals surface area contributed by atoms with Gasteiger partial charge in [0.25, 0.3) is 0 Å². The third kappa shape index (κ3) is 3.07. The van der Waals surface area contributed by atoms with E-state index in [-0.39, 0.29) is 0 Å².